The Labute approximate surface area is 144 Å². The van der Waals surface area contributed by atoms with Crippen molar-refractivity contribution in [1.29, 1.82) is 0 Å². The van der Waals surface area contributed by atoms with Crippen molar-refractivity contribution in [2.24, 2.45) is 5.10 Å². The lowest BCUT2D eigenvalue weighted by atomic mass is 10.1. The molecule has 114 valence electrons. The minimum Gasteiger partial charge on any atom is -0.207 e. The van der Waals surface area contributed by atoms with Crippen LogP contribution in [0.1, 0.15) is 5.56 Å². The summed E-state index contributed by atoms with van der Waals surface area (Å²) < 4.78 is 15.8. The Morgan fingerprint density at radius 3 is 2.39 bits per heavy atom. The Hall–Kier alpha value is -1.99. The van der Waals surface area contributed by atoms with Crippen LogP contribution in [0.25, 0.3) is 11.4 Å². The minimum atomic E-state index is -0.252. The van der Waals surface area contributed by atoms with Crippen molar-refractivity contribution in [1.82, 2.24) is 14.9 Å². The third-order valence-electron chi connectivity index (χ3n) is 3.45. The summed E-state index contributed by atoms with van der Waals surface area (Å²) in [7, 11) is 0. The number of halogens is 2. The van der Waals surface area contributed by atoms with Gasteiger partial charge in [-0.05, 0) is 29.8 Å². The smallest absolute Gasteiger partial charge is 0.207 e. The van der Waals surface area contributed by atoms with Crippen molar-refractivity contribution in [3.05, 3.63) is 64.4 Å². The number of fused-ring (bicyclic) bond motifs is 1. The van der Waals surface area contributed by atoms with Gasteiger partial charge in [0.05, 0.1) is 5.71 Å². The second kappa shape index (κ2) is 5.90. The number of hydrogen-bond donors (Lipinski definition) is 0. The van der Waals surface area contributed by atoms with Gasteiger partial charge >= 0.3 is 0 Å². The van der Waals surface area contributed by atoms with Crippen LogP contribution in [-0.4, -0.2) is 26.3 Å². The van der Waals surface area contributed by atoms with Gasteiger partial charge < -0.3 is 0 Å². The molecular weight excluding hydrogens is 379 g/mol. The fourth-order valence-electron chi connectivity index (χ4n) is 2.29. The van der Waals surface area contributed by atoms with E-state index in [1.54, 1.807) is 28.6 Å². The van der Waals surface area contributed by atoms with Gasteiger partial charge in [0.25, 0.3) is 0 Å². The van der Waals surface area contributed by atoms with Crippen LogP contribution in [0, 0.1) is 5.82 Å². The normalized spacial score (nSPS) is 13.6. The molecule has 0 N–H and O–H groups in total. The fraction of sp³-hybridized carbons (Fsp3) is 0.0625. The monoisotopic (exact) mass is 388 g/mol. The number of hydrogen-bond acceptors (Lipinski definition) is 4. The molecule has 0 bridgehead atoms. The third kappa shape index (κ3) is 2.82. The molecule has 0 aliphatic carbocycles. The topological polar surface area (TPSA) is 43.1 Å². The lowest BCUT2D eigenvalue weighted by Crippen LogP contribution is -2.13. The zero-order valence-corrected chi connectivity index (χ0v) is 14.2. The second-order valence-corrected chi connectivity index (χ2v) is 6.83. The summed E-state index contributed by atoms with van der Waals surface area (Å²) in [6.07, 6.45) is 0. The van der Waals surface area contributed by atoms with Crippen LogP contribution in [0.2, 0.25) is 0 Å². The first-order valence-corrected chi connectivity index (χ1v) is 8.66. The average Bonchev–Trinajstić information content (AvgIpc) is 2.99. The van der Waals surface area contributed by atoms with Crippen molar-refractivity contribution < 1.29 is 4.39 Å². The molecule has 0 atom stereocenters. The standard InChI is InChI=1S/C16H10BrFN4S/c17-12-5-1-11(2-6-12)15-19-20-16-22(15)21-14(9-23-16)10-3-7-13(18)8-4-10/h1-8H,9H2. The highest BCUT2D eigenvalue weighted by Gasteiger charge is 2.20. The van der Waals surface area contributed by atoms with Crippen molar-refractivity contribution >= 4 is 33.4 Å². The van der Waals surface area contributed by atoms with E-state index in [-0.39, 0.29) is 5.82 Å². The average molecular weight is 389 g/mol. The molecule has 0 unspecified atom stereocenters. The highest BCUT2D eigenvalue weighted by Crippen LogP contribution is 2.29. The first-order chi connectivity index (χ1) is 11.2. The van der Waals surface area contributed by atoms with E-state index in [9.17, 15) is 4.39 Å². The van der Waals surface area contributed by atoms with E-state index in [1.807, 2.05) is 24.3 Å². The zero-order chi connectivity index (χ0) is 15.8. The molecular formula is C16H10BrFN4S. The van der Waals surface area contributed by atoms with Crippen LogP contribution in [0.5, 0.6) is 0 Å². The predicted octanol–water partition coefficient (Wildman–Crippen LogP) is 4.20. The molecule has 23 heavy (non-hydrogen) atoms. The van der Waals surface area contributed by atoms with E-state index in [0.29, 0.717) is 11.6 Å². The third-order valence-corrected chi connectivity index (χ3v) is 4.91. The van der Waals surface area contributed by atoms with Gasteiger partial charge in [0, 0.05) is 15.8 Å². The minimum absolute atomic E-state index is 0.252. The summed E-state index contributed by atoms with van der Waals surface area (Å²) in [5, 5.41) is 13.9. The van der Waals surface area contributed by atoms with E-state index >= 15 is 0 Å². The Balaban J connectivity index is 1.77. The number of thioether (sulfide) groups is 1. The van der Waals surface area contributed by atoms with E-state index in [0.717, 1.165) is 26.5 Å². The van der Waals surface area contributed by atoms with E-state index in [2.05, 4.69) is 31.2 Å². The lowest BCUT2D eigenvalue weighted by molar-refractivity contribution is 0.627. The van der Waals surface area contributed by atoms with Gasteiger partial charge in [-0.15, -0.1) is 10.2 Å². The summed E-state index contributed by atoms with van der Waals surface area (Å²) in [4.78, 5) is 0. The SMILES string of the molecule is Fc1ccc(C2=Nn3c(nnc3-c3ccc(Br)cc3)SC2)cc1. The molecule has 0 fully saturated rings. The molecule has 4 nitrogen and oxygen atoms in total. The van der Waals surface area contributed by atoms with Crippen LogP contribution < -0.4 is 0 Å². The summed E-state index contributed by atoms with van der Waals surface area (Å²) in [6.45, 7) is 0. The van der Waals surface area contributed by atoms with Gasteiger partial charge in [0.2, 0.25) is 5.16 Å². The lowest BCUT2D eigenvalue weighted by Gasteiger charge is -2.14. The molecule has 0 saturated carbocycles. The Kier molecular flexibility index (Phi) is 3.74. The molecule has 0 amide bonds. The number of nitrogens with zero attached hydrogens (tertiary/aromatic N) is 4. The molecule has 4 rings (SSSR count). The molecule has 0 saturated heterocycles. The van der Waals surface area contributed by atoms with Gasteiger partial charge in [0.15, 0.2) is 5.82 Å². The summed E-state index contributed by atoms with van der Waals surface area (Å²) >= 11 is 4.99. The maximum Gasteiger partial charge on any atom is 0.212 e. The molecule has 1 aromatic heterocycles. The predicted molar refractivity (Wildman–Crippen MR) is 92.2 cm³/mol. The summed E-state index contributed by atoms with van der Waals surface area (Å²) in [5.74, 6) is 1.13. The van der Waals surface area contributed by atoms with Crippen molar-refractivity contribution in [2.75, 3.05) is 5.75 Å². The van der Waals surface area contributed by atoms with Crippen LogP contribution in [0.4, 0.5) is 4.39 Å². The fourth-order valence-corrected chi connectivity index (χ4v) is 3.39. The Morgan fingerprint density at radius 1 is 0.957 bits per heavy atom. The van der Waals surface area contributed by atoms with E-state index < -0.39 is 0 Å². The molecule has 1 aliphatic heterocycles. The van der Waals surface area contributed by atoms with Crippen LogP contribution in [-0.2, 0) is 0 Å². The van der Waals surface area contributed by atoms with Crippen LogP contribution in [0.15, 0.2) is 63.3 Å². The Bertz CT molecular complexity index is 887. The van der Waals surface area contributed by atoms with Gasteiger partial charge in [-0.2, -0.15) is 9.78 Å². The molecule has 3 aromatic rings. The maximum absolute atomic E-state index is 13.1. The van der Waals surface area contributed by atoms with Gasteiger partial charge in [-0.25, -0.2) is 4.39 Å². The van der Waals surface area contributed by atoms with Crippen LogP contribution >= 0.6 is 27.7 Å². The molecule has 0 radical (unpaired) electrons. The van der Waals surface area contributed by atoms with Crippen molar-refractivity contribution in [3.63, 3.8) is 0 Å². The first-order valence-electron chi connectivity index (χ1n) is 6.89. The molecule has 2 heterocycles. The highest BCUT2D eigenvalue weighted by atomic mass is 79.9. The quantitative estimate of drug-likeness (QED) is 0.660. The van der Waals surface area contributed by atoms with Gasteiger partial charge in [-0.1, -0.05) is 52.0 Å². The Morgan fingerprint density at radius 2 is 1.65 bits per heavy atom. The number of benzene rings is 2. The van der Waals surface area contributed by atoms with E-state index in [4.69, 9.17) is 0 Å². The zero-order valence-electron chi connectivity index (χ0n) is 11.8. The van der Waals surface area contributed by atoms with Crippen molar-refractivity contribution in [2.45, 2.75) is 5.16 Å². The molecule has 7 heteroatoms. The maximum atomic E-state index is 13.1. The number of rotatable bonds is 2. The van der Waals surface area contributed by atoms with Gasteiger partial charge in [-0.3, -0.25) is 0 Å². The largest absolute Gasteiger partial charge is 0.212 e. The highest BCUT2D eigenvalue weighted by molar-refractivity contribution is 9.10. The van der Waals surface area contributed by atoms with Gasteiger partial charge in [0.1, 0.15) is 5.82 Å². The van der Waals surface area contributed by atoms with Crippen LogP contribution in [0.3, 0.4) is 0 Å². The summed E-state index contributed by atoms with van der Waals surface area (Å²) in [6, 6.07) is 14.2. The first kappa shape index (κ1) is 14.6. The number of aromatic nitrogens is 3. The van der Waals surface area contributed by atoms with E-state index in [1.165, 1.54) is 12.1 Å². The summed E-state index contributed by atoms with van der Waals surface area (Å²) in [5.41, 5.74) is 2.72. The molecule has 1 aliphatic rings. The second-order valence-electron chi connectivity index (χ2n) is 4.97. The molecule has 0 spiro atoms. The van der Waals surface area contributed by atoms with Crippen molar-refractivity contribution in [3.8, 4) is 11.4 Å². The molecule has 2 aromatic carbocycles.